The molecular weight excluding hydrogens is 236 g/mol. The van der Waals surface area contributed by atoms with Crippen molar-refractivity contribution in [2.24, 2.45) is 0 Å². The summed E-state index contributed by atoms with van der Waals surface area (Å²) in [5.41, 5.74) is 6.49. The van der Waals surface area contributed by atoms with E-state index in [1.54, 1.807) is 0 Å². The Bertz CT molecular complexity index is 368. The molecule has 1 saturated heterocycles. The zero-order valence-electron chi connectivity index (χ0n) is 9.98. The third-order valence-corrected chi connectivity index (χ3v) is 3.72. The van der Waals surface area contributed by atoms with Crippen LogP contribution in [-0.2, 0) is 0 Å². The van der Waals surface area contributed by atoms with Gasteiger partial charge in [-0.05, 0) is 18.6 Å². The molecular formula is C11H18N4OS. The summed E-state index contributed by atoms with van der Waals surface area (Å²) in [6, 6.07) is 0.455. The molecule has 3 N–H and O–H groups in total. The number of nitrogens with zero attached hydrogens (tertiary/aromatic N) is 2. The molecule has 1 unspecified atom stereocenters. The van der Waals surface area contributed by atoms with E-state index in [9.17, 15) is 0 Å². The van der Waals surface area contributed by atoms with Gasteiger partial charge in [-0.1, -0.05) is 6.92 Å². The predicted molar refractivity (Wildman–Crippen MR) is 71.6 cm³/mol. The molecule has 6 heteroatoms. The van der Waals surface area contributed by atoms with Crippen LogP contribution in [0.25, 0.3) is 0 Å². The molecule has 1 atom stereocenters. The molecule has 1 aromatic heterocycles. The summed E-state index contributed by atoms with van der Waals surface area (Å²) in [6.07, 6.45) is 3.58. The van der Waals surface area contributed by atoms with Crippen LogP contribution in [0.5, 0.6) is 5.88 Å². The van der Waals surface area contributed by atoms with E-state index >= 15 is 0 Å². The summed E-state index contributed by atoms with van der Waals surface area (Å²) in [4.78, 5) is 8.22. The zero-order valence-corrected chi connectivity index (χ0v) is 10.8. The van der Waals surface area contributed by atoms with Gasteiger partial charge in [-0.25, -0.2) is 4.98 Å². The van der Waals surface area contributed by atoms with Crippen molar-refractivity contribution < 1.29 is 4.74 Å². The molecule has 1 aliphatic rings. The Kier molecular flexibility index (Phi) is 4.30. The van der Waals surface area contributed by atoms with E-state index in [-0.39, 0.29) is 0 Å². The average Bonchev–Trinajstić information content (AvgIpc) is 2.83. The fourth-order valence-corrected chi connectivity index (χ4v) is 2.80. The molecule has 0 bridgehead atoms. The van der Waals surface area contributed by atoms with Gasteiger partial charge in [0.1, 0.15) is 12.0 Å². The lowest BCUT2D eigenvalue weighted by Gasteiger charge is -2.15. The maximum Gasteiger partial charge on any atom is 0.242 e. The molecule has 5 nitrogen and oxygen atoms in total. The predicted octanol–water partition coefficient (Wildman–Crippen LogP) is 1.76. The van der Waals surface area contributed by atoms with Gasteiger partial charge >= 0.3 is 0 Å². The average molecular weight is 254 g/mol. The maximum absolute atomic E-state index is 5.98. The molecule has 0 radical (unpaired) electrons. The minimum Gasteiger partial charge on any atom is -0.476 e. The third kappa shape index (κ3) is 3.15. The second-order valence-corrected chi connectivity index (χ2v) is 5.14. The molecule has 1 fully saturated rings. The summed E-state index contributed by atoms with van der Waals surface area (Å²) >= 11 is 1.95. The fraction of sp³-hybridized carbons (Fsp3) is 0.636. The molecule has 1 aromatic rings. The smallest absolute Gasteiger partial charge is 0.242 e. The highest BCUT2D eigenvalue weighted by Gasteiger charge is 2.18. The first-order chi connectivity index (χ1) is 8.31. The van der Waals surface area contributed by atoms with Crippen LogP contribution in [0.1, 0.15) is 19.8 Å². The molecule has 2 heterocycles. The third-order valence-electron chi connectivity index (χ3n) is 2.56. The van der Waals surface area contributed by atoms with Crippen molar-refractivity contribution in [3.63, 3.8) is 0 Å². The molecule has 2 rings (SSSR count). The van der Waals surface area contributed by atoms with Crippen LogP contribution < -0.4 is 15.8 Å². The van der Waals surface area contributed by atoms with E-state index in [1.807, 2.05) is 18.7 Å². The van der Waals surface area contributed by atoms with Gasteiger partial charge in [0.2, 0.25) is 5.88 Å². The molecule has 1 aliphatic heterocycles. The van der Waals surface area contributed by atoms with Crippen molar-refractivity contribution in [3.05, 3.63) is 6.33 Å². The lowest BCUT2D eigenvalue weighted by atomic mass is 10.2. The van der Waals surface area contributed by atoms with Gasteiger partial charge in [0.15, 0.2) is 5.82 Å². The number of hydrogen-bond acceptors (Lipinski definition) is 6. The molecule has 0 aliphatic carbocycles. The lowest BCUT2D eigenvalue weighted by molar-refractivity contribution is 0.306. The van der Waals surface area contributed by atoms with Crippen molar-refractivity contribution in [2.45, 2.75) is 25.8 Å². The standard InChI is InChI=1S/C11H18N4OS/c1-2-4-16-11-9(12)10(13-7-14-11)15-8-3-5-17-6-8/h7-8H,2-6,12H2,1H3,(H,13,14,15). The zero-order chi connectivity index (χ0) is 12.1. The van der Waals surface area contributed by atoms with Crippen molar-refractivity contribution in [1.29, 1.82) is 0 Å². The van der Waals surface area contributed by atoms with Gasteiger partial charge < -0.3 is 15.8 Å². The molecule has 0 aromatic carbocycles. The fourth-order valence-electron chi connectivity index (χ4n) is 1.65. The quantitative estimate of drug-likeness (QED) is 0.834. The van der Waals surface area contributed by atoms with Gasteiger partial charge in [0.25, 0.3) is 0 Å². The Hall–Kier alpha value is -1.17. The lowest BCUT2D eigenvalue weighted by Crippen LogP contribution is -2.20. The van der Waals surface area contributed by atoms with Gasteiger partial charge in [0.05, 0.1) is 6.61 Å². The number of ether oxygens (including phenoxy) is 1. The van der Waals surface area contributed by atoms with Crippen LogP contribution in [0, 0.1) is 0 Å². The number of aromatic nitrogens is 2. The number of nitrogens with two attached hydrogens (primary N) is 1. The van der Waals surface area contributed by atoms with Gasteiger partial charge in [-0.2, -0.15) is 16.7 Å². The van der Waals surface area contributed by atoms with E-state index in [0.717, 1.165) is 18.6 Å². The first-order valence-corrected chi connectivity index (χ1v) is 7.04. The van der Waals surface area contributed by atoms with Gasteiger partial charge in [-0.3, -0.25) is 0 Å². The molecule has 0 spiro atoms. The molecule has 17 heavy (non-hydrogen) atoms. The van der Waals surface area contributed by atoms with Crippen molar-refractivity contribution in [2.75, 3.05) is 29.2 Å². The largest absolute Gasteiger partial charge is 0.476 e. The van der Waals surface area contributed by atoms with E-state index in [0.29, 0.717) is 30.0 Å². The first kappa shape index (κ1) is 12.3. The number of hydrogen-bond donors (Lipinski definition) is 2. The minimum absolute atomic E-state index is 0.455. The second kappa shape index (κ2) is 5.95. The highest BCUT2D eigenvalue weighted by molar-refractivity contribution is 7.99. The number of nitrogen functional groups attached to an aromatic ring is 1. The van der Waals surface area contributed by atoms with Crippen LogP contribution in [-0.4, -0.2) is 34.1 Å². The first-order valence-electron chi connectivity index (χ1n) is 5.88. The van der Waals surface area contributed by atoms with Gasteiger partial charge in [0, 0.05) is 11.8 Å². The van der Waals surface area contributed by atoms with Gasteiger partial charge in [-0.15, -0.1) is 0 Å². The summed E-state index contributed by atoms with van der Waals surface area (Å²) in [7, 11) is 0. The van der Waals surface area contributed by atoms with Crippen LogP contribution in [0.2, 0.25) is 0 Å². The molecule has 0 saturated carbocycles. The van der Waals surface area contributed by atoms with Crippen LogP contribution >= 0.6 is 11.8 Å². The second-order valence-electron chi connectivity index (χ2n) is 3.99. The molecule has 0 amide bonds. The highest BCUT2D eigenvalue weighted by atomic mass is 32.2. The van der Waals surface area contributed by atoms with Crippen molar-refractivity contribution in [1.82, 2.24) is 9.97 Å². The van der Waals surface area contributed by atoms with E-state index < -0.39 is 0 Å². The summed E-state index contributed by atoms with van der Waals surface area (Å²) in [5.74, 6) is 3.48. The number of nitrogens with one attached hydrogen (secondary N) is 1. The van der Waals surface area contributed by atoms with Crippen molar-refractivity contribution in [3.8, 4) is 5.88 Å². The number of anilines is 2. The Morgan fingerprint density at radius 3 is 3.18 bits per heavy atom. The Morgan fingerprint density at radius 2 is 2.47 bits per heavy atom. The van der Waals surface area contributed by atoms with E-state index in [2.05, 4.69) is 15.3 Å². The molecule has 94 valence electrons. The summed E-state index contributed by atoms with van der Waals surface area (Å²) in [6.45, 7) is 2.67. The Labute approximate surface area is 106 Å². The van der Waals surface area contributed by atoms with Crippen molar-refractivity contribution >= 4 is 23.3 Å². The SMILES string of the molecule is CCCOc1ncnc(NC2CCSC2)c1N. The number of rotatable bonds is 5. The van der Waals surface area contributed by atoms with Crippen LogP contribution in [0.15, 0.2) is 6.33 Å². The Balaban J connectivity index is 2.05. The topological polar surface area (TPSA) is 73.1 Å². The van der Waals surface area contributed by atoms with E-state index in [1.165, 1.54) is 12.1 Å². The van der Waals surface area contributed by atoms with E-state index in [4.69, 9.17) is 10.5 Å². The minimum atomic E-state index is 0.455. The maximum atomic E-state index is 5.98. The number of thioether (sulfide) groups is 1. The monoisotopic (exact) mass is 254 g/mol. The highest BCUT2D eigenvalue weighted by Crippen LogP contribution is 2.27. The summed E-state index contributed by atoms with van der Waals surface area (Å²) < 4.78 is 5.47. The Morgan fingerprint density at radius 1 is 1.59 bits per heavy atom. The van der Waals surface area contributed by atoms with Crippen LogP contribution in [0.4, 0.5) is 11.5 Å². The van der Waals surface area contributed by atoms with Crippen LogP contribution in [0.3, 0.4) is 0 Å². The normalized spacial score (nSPS) is 19.2. The summed E-state index contributed by atoms with van der Waals surface area (Å²) in [5, 5.41) is 3.35.